The molecule has 1 aromatic heterocycles. The molecule has 0 fully saturated rings. The number of thiophene rings is 1. The highest BCUT2D eigenvalue weighted by Gasteiger charge is 2.12. The van der Waals surface area contributed by atoms with Crippen LogP contribution in [0.4, 0.5) is 0 Å². The number of benzene rings is 1. The van der Waals surface area contributed by atoms with Crippen LogP contribution in [0.1, 0.15) is 22.0 Å². The quantitative estimate of drug-likeness (QED) is 0.818. The Labute approximate surface area is 122 Å². The minimum Gasteiger partial charge on any atom is -0.324 e. The van der Waals surface area contributed by atoms with Crippen LogP contribution < -0.4 is 5.73 Å². The topological polar surface area (TPSA) is 26.0 Å². The van der Waals surface area contributed by atoms with Crippen LogP contribution in [0, 0.1) is 6.92 Å². The summed E-state index contributed by atoms with van der Waals surface area (Å²) >= 11 is 8.77. The van der Waals surface area contributed by atoms with E-state index in [0.29, 0.717) is 0 Å². The first-order valence-corrected chi connectivity index (χ1v) is 7.77. The van der Waals surface area contributed by atoms with Gasteiger partial charge in [-0.15, -0.1) is 11.3 Å². The fourth-order valence-corrected chi connectivity index (χ4v) is 3.79. The van der Waals surface area contributed by atoms with Crippen molar-refractivity contribution in [3.8, 4) is 0 Å². The Morgan fingerprint density at radius 3 is 2.71 bits per heavy atom. The lowest BCUT2D eigenvalue weighted by atomic mass is 10.0. The summed E-state index contributed by atoms with van der Waals surface area (Å²) in [5.74, 6) is 0. The van der Waals surface area contributed by atoms with Gasteiger partial charge in [0.15, 0.2) is 0 Å². The smallest absolute Gasteiger partial charge is 0.0355 e. The van der Waals surface area contributed by atoms with E-state index < -0.39 is 0 Å². The van der Waals surface area contributed by atoms with Crippen molar-refractivity contribution in [2.45, 2.75) is 19.4 Å². The van der Waals surface area contributed by atoms with Crippen LogP contribution in [0.25, 0.3) is 0 Å². The number of nitrogens with two attached hydrogens (primary N) is 1. The van der Waals surface area contributed by atoms with Crippen molar-refractivity contribution in [1.29, 1.82) is 0 Å². The van der Waals surface area contributed by atoms with Crippen molar-refractivity contribution >= 4 is 43.2 Å². The van der Waals surface area contributed by atoms with E-state index in [9.17, 15) is 0 Å². The molecule has 2 aromatic rings. The summed E-state index contributed by atoms with van der Waals surface area (Å²) in [6.07, 6.45) is 0.873. The normalized spacial score (nSPS) is 12.7. The Kier molecular flexibility index (Phi) is 4.42. The standard InChI is InChI=1S/C13H13Br2NS/c1-8-2-3-12(15)11(4-8)13(16)6-10-5-9(14)7-17-10/h2-5,7,13H,6,16H2,1H3. The van der Waals surface area contributed by atoms with Gasteiger partial charge in [0.05, 0.1) is 0 Å². The number of hydrogen-bond donors (Lipinski definition) is 1. The molecule has 1 heterocycles. The van der Waals surface area contributed by atoms with Crippen molar-refractivity contribution in [2.75, 3.05) is 0 Å². The Morgan fingerprint density at radius 1 is 1.29 bits per heavy atom. The molecule has 2 rings (SSSR count). The van der Waals surface area contributed by atoms with Gasteiger partial charge in [0.2, 0.25) is 0 Å². The minimum atomic E-state index is 0.0369. The van der Waals surface area contributed by atoms with E-state index in [4.69, 9.17) is 5.73 Å². The van der Waals surface area contributed by atoms with E-state index in [2.05, 4.69) is 68.4 Å². The van der Waals surface area contributed by atoms with Gasteiger partial charge in [-0.05, 0) is 40.5 Å². The van der Waals surface area contributed by atoms with Crippen LogP contribution in [-0.4, -0.2) is 0 Å². The number of rotatable bonds is 3. The molecular formula is C13H13Br2NS. The van der Waals surface area contributed by atoms with Gasteiger partial charge < -0.3 is 5.73 Å². The predicted octanol–water partition coefficient (Wildman–Crippen LogP) is 4.82. The average molecular weight is 375 g/mol. The van der Waals surface area contributed by atoms with Crippen molar-refractivity contribution in [2.24, 2.45) is 5.73 Å². The SMILES string of the molecule is Cc1ccc(Br)c(C(N)Cc2cc(Br)cs2)c1. The monoisotopic (exact) mass is 373 g/mol. The third-order valence-corrected chi connectivity index (χ3v) is 5.04. The zero-order valence-electron chi connectivity index (χ0n) is 9.41. The summed E-state index contributed by atoms with van der Waals surface area (Å²) in [7, 11) is 0. The largest absolute Gasteiger partial charge is 0.324 e. The second-order valence-corrected chi connectivity index (χ2v) is 6.83. The van der Waals surface area contributed by atoms with E-state index in [-0.39, 0.29) is 6.04 Å². The van der Waals surface area contributed by atoms with Gasteiger partial charge in [0, 0.05) is 31.7 Å². The van der Waals surface area contributed by atoms with Crippen molar-refractivity contribution in [3.05, 3.63) is 54.6 Å². The molecule has 1 nitrogen and oxygen atoms in total. The number of aryl methyl sites for hydroxylation is 1. The van der Waals surface area contributed by atoms with Gasteiger partial charge in [0.25, 0.3) is 0 Å². The summed E-state index contributed by atoms with van der Waals surface area (Å²) < 4.78 is 2.22. The van der Waals surface area contributed by atoms with Crippen LogP contribution in [0.3, 0.4) is 0 Å². The maximum atomic E-state index is 6.27. The maximum Gasteiger partial charge on any atom is 0.0355 e. The van der Waals surface area contributed by atoms with Crippen LogP contribution in [-0.2, 0) is 6.42 Å². The molecule has 0 bridgehead atoms. The summed E-state index contributed by atoms with van der Waals surface area (Å²) in [6.45, 7) is 2.09. The van der Waals surface area contributed by atoms with Gasteiger partial charge in [-0.2, -0.15) is 0 Å². The summed E-state index contributed by atoms with van der Waals surface area (Å²) in [4.78, 5) is 1.30. The first-order valence-electron chi connectivity index (χ1n) is 5.31. The average Bonchev–Trinajstić information content (AvgIpc) is 2.67. The molecule has 1 aromatic carbocycles. The Balaban J connectivity index is 2.19. The maximum absolute atomic E-state index is 6.27. The van der Waals surface area contributed by atoms with Gasteiger partial charge >= 0.3 is 0 Å². The van der Waals surface area contributed by atoms with Gasteiger partial charge in [-0.25, -0.2) is 0 Å². The molecule has 0 radical (unpaired) electrons. The molecule has 0 spiro atoms. The van der Waals surface area contributed by atoms with Crippen molar-refractivity contribution < 1.29 is 0 Å². The second kappa shape index (κ2) is 5.65. The molecular weight excluding hydrogens is 362 g/mol. The highest BCUT2D eigenvalue weighted by molar-refractivity contribution is 9.10. The Bertz CT molecular complexity index is 522. The zero-order chi connectivity index (χ0) is 12.4. The number of halogens is 2. The summed E-state index contributed by atoms with van der Waals surface area (Å²) in [6, 6.07) is 8.47. The van der Waals surface area contributed by atoms with Crippen LogP contribution in [0.5, 0.6) is 0 Å². The first-order chi connectivity index (χ1) is 8.06. The predicted molar refractivity (Wildman–Crippen MR) is 81.5 cm³/mol. The van der Waals surface area contributed by atoms with E-state index >= 15 is 0 Å². The molecule has 1 atom stereocenters. The molecule has 2 N–H and O–H groups in total. The third kappa shape index (κ3) is 3.41. The Hall–Kier alpha value is -0.160. The van der Waals surface area contributed by atoms with Gasteiger partial charge in [-0.1, -0.05) is 33.6 Å². The molecule has 0 aliphatic heterocycles. The molecule has 90 valence electrons. The second-order valence-electron chi connectivity index (χ2n) is 4.07. The molecule has 0 aliphatic carbocycles. The summed E-state index contributed by atoms with van der Waals surface area (Å²) in [5, 5.41) is 2.09. The van der Waals surface area contributed by atoms with Crippen LogP contribution in [0.2, 0.25) is 0 Å². The van der Waals surface area contributed by atoms with Gasteiger partial charge in [0.1, 0.15) is 0 Å². The lowest BCUT2D eigenvalue weighted by Crippen LogP contribution is -2.13. The number of hydrogen-bond acceptors (Lipinski definition) is 2. The Morgan fingerprint density at radius 2 is 2.06 bits per heavy atom. The van der Waals surface area contributed by atoms with Gasteiger partial charge in [-0.3, -0.25) is 0 Å². The highest BCUT2D eigenvalue weighted by Crippen LogP contribution is 2.28. The van der Waals surface area contributed by atoms with E-state index in [1.807, 2.05) is 0 Å². The minimum absolute atomic E-state index is 0.0369. The zero-order valence-corrected chi connectivity index (χ0v) is 13.4. The lowest BCUT2D eigenvalue weighted by molar-refractivity contribution is 0.725. The molecule has 0 saturated heterocycles. The van der Waals surface area contributed by atoms with Crippen molar-refractivity contribution in [3.63, 3.8) is 0 Å². The molecule has 0 saturated carbocycles. The van der Waals surface area contributed by atoms with Crippen LogP contribution >= 0.6 is 43.2 Å². The first kappa shape index (κ1) is 13.3. The molecule has 1 unspecified atom stereocenters. The summed E-state index contributed by atoms with van der Waals surface area (Å²) in [5.41, 5.74) is 8.68. The third-order valence-electron chi connectivity index (χ3n) is 2.59. The van der Waals surface area contributed by atoms with E-state index in [0.717, 1.165) is 15.4 Å². The van der Waals surface area contributed by atoms with Crippen LogP contribution in [0.15, 0.2) is 38.6 Å². The van der Waals surface area contributed by atoms with Crippen molar-refractivity contribution in [1.82, 2.24) is 0 Å². The highest BCUT2D eigenvalue weighted by atomic mass is 79.9. The lowest BCUT2D eigenvalue weighted by Gasteiger charge is -2.13. The van der Waals surface area contributed by atoms with E-state index in [1.165, 1.54) is 16.0 Å². The molecule has 17 heavy (non-hydrogen) atoms. The fourth-order valence-electron chi connectivity index (χ4n) is 1.73. The molecule has 0 aliphatic rings. The molecule has 0 amide bonds. The van der Waals surface area contributed by atoms with E-state index in [1.54, 1.807) is 11.3 Å². The fraction of sp³-hybridized carbons (Fsp3) is 0.231. The molecule has 4 heteroatoms.